The molecule has 2 atom stereocenters. The Morgan fingerprint density at radius 2 is 2.21 bits per heavy atom. The first kappa shape index (κ1) is 13.1. The molecule has 0 radical (unpaired) electrons. The van der Waals surface area contributed by atoms with Crippen molar-refractivity contribution < 1.29 is 4.79 Å². The van der Waals surface area contributed by atoms with Gasteiger partial charge in [0, 0.05) is 23.5 Å². The van der Waals surface area contributed by atoms with E-state index in [1.54, 1.807) is 0 Å². The third-order valence-corrected chi connectivity index (χ3v) is 5.67. The molecule has 104 valence electrons. The molecule has 0 aliphatic carbocycles. The molecule has 4 heterocycles. The molecular weight excluding hydrogens is 258 g/mol. The first-order chi connectivity index (χ1) is 9.19. The Balaban J connectivity index is 1.69. The maximum absolute atomic E-state index is 12.3. The van der Waals surface area contributed by atoms with Gasteiger partial charge in [0.1, 0.15) is 0 Å². The number of rotatable bonds is 3. The average Bonchev–Trinajstić information content (AvgIpc) is 2.92. The second-order valence-corrected chi connectivity index (χ2v) is 6.75. The first-order valence-electron chi connectivity index (χ1n) is 7.02. The second-order valence-electron chi connectivity index (χ2n) is 5.58. The lowest BCUT2D eigenvalue weighted by atomic mass is 9.79. The van der Waals surface area contributed by atoms with Crippen molar-refractivity contribution in [2.45, 2.75) is 38.4 Å². The number of hydrogen-bond acceptors (Lipinski definition) is 4. The molecule has 3 fully saturated rings. The summed E-state index contributed by atoms with van der Waals surface area (Å²) in [6.45, 7) is 5.12. The molecule has 3 N–H and O–H groups in total. The Hall–Kier alpha value is -0.910. The van der Waals surface area contributed by atoms with E-state index in [1.165, 1.54) is 37.3 Å². The molecule has 3 aliphatic heterocycles. The summed E-state index contributed by atoms with van der Waals surface area (Å²) in [7, 11) is 0. The van der Waals surface area contributed by atoms with Crippen LogP contribution in [0.15, 0.2) is 12.1 Å². The van der Waals surface area contributed by atoms with E-state index in [2.05, 4.69) is 17.1 Å². The van der Waals surface area contributed by atoms with Crippen LogP contribution in [-0.2, 0) is 6.54 Å². The van der Waals surface area contributed by atoms with Crippen molar-refractivity contribution in [1.82, 2.24) is 10.2 Å². The number of carbonyl (C=O) groups excluding carboxylic acids is 1. The van der Waals surface area contributed by atoms with Gasteiger partial charge in [0.05, 0.1) is 4.88 Å². The number of nitrogens with one attached hydrogen (secondary N) is 1. The Morgan fingerprint density at radius 3 is 2.79 bits per heavy atom. The molecule has 3 saturated heterocycles. The lowest BCUT2D eigenvalue weighted by Crippen LogP contribution is -2.62. The third-order valence-electron chi connectivity index (χ3n) is 4.56. The van der Waals surface area contributed by atoms with Gasteiger partial charge >= 0.3 is 0 Å². The SMILES string of the molecule is CC1C(NC(=O)c2ccc(CN)s2)C2CCN1CC2. The highest BCUT2D eigenvalue weighted by Crippen LogP contribution is 2.32. The zero-order valence-corrected chi connectivity index (χ0v) is 12.1. The molecule has 1 aromatic heterocycles. The molecule has 3 aliphatic rings. The largest absolute Gasteiger partial charge is 0.347 e. The summed E-state index contributed by atoms with van der Waals surface area (Å²) in [6.07, 6.45) is 2.43. The zero-order valence-electron chi connectivity index (χ0n) is 11.3. The molecule has 5 heteroatoms. The van der Waals surface area contributed by atoms with E-state index >= 15 is 0 Å². The monoisotopic (exact) mass is 279 g/mol. The minimum absolute atomic E-state index is 0.0651. The van der Waals surface area contributed by atoms with Crippen LogP contribution in [0, 0.1) is 5.92 Å². The predicted octanol–water partition coefficient (Wildman–Crippen LogP) is 1.42. The van der Waals surface area contributed by atoms with Crippen LogP contribution in [0.4, 0.5) is 0 Å². The quantitative estimate of drug-likeness (QED) is 0.880. The molecule has 2 bridgehead atoms. The lowest BCUT2D eigenvalue weighted by molar-refractivity contribution is 0.0218. The fraction of sp³-hybridized carbons (Fsp3) is 0.643. The molecule has 19 heavy (non-hydrogen) atoms. The molecule has 4 rings (SSSR count). The number of nitrogens with two attached hydrogens (primary N) is 1. The van der Waals surface area contributed by atoms with Crippen molar-refractivity contribution in [1.29, 1.82) is 0 Å². The van der Waals surface area contributed by atoms with Crippen LogP contribution < -0.4 is 11.1 Å². The molecule has 0 saturated carbocycles. The summed E-state index contributed by atoms with van der Waals surface area (Å²) in [5.41, 5.74) is 5.59. The molecule has 0 spiro atoms. The van der Waals surface area contributed by atoms with Gasteiger partial charge in [0.25, 0.3) is 5.91 Å². The van der Waals surface area contributed by atoms with Crippen molar-refractivity contribution in [3.05, 3.63) is 21.9 Å². The summed E-state index contributed by atoms with van der Waals surface area (Å²) in [4.78, 5) is 16.6. The standard InChI is InChI=1S/C14H21N3OS/c1-9-13(10-4-6-17(9)7-5-10)16-14(18)12-3-2-11(8-15)19-12/h2-3,9-10,13H,4-8,15H2,1H3,(H,16,18). The minimum atomic E-state index is 0.0651. The summed E-state index contributed by atoms with van der Waals surface area (Å²) in [6, 6.07) is 4.59. The highest BCUT2D eigenvalue weighted by Gasteiger charge is 2.40. The normalized spacial score (nSPS) is 33.4. The van der Waals surface area contributed by atoms with Crippen molar-refractivity contribution >= 4 is 17.2 Å². The minimum Gasteiger partial charge on any atom is -0.347 e. The number of thiophene rings is 1. The van der Waals surface area contributed by atoms with Gasteiger partial charge in [-0.15, -0.1) is 11.3 Å². The topological polar surface area (TPSA) is 58.4 Å². The van der Waals surface area contributed by atoms with Gasteiger partial charge in [-0.25, -0.2) is 0 Å². The molecular formula is C14H21N3OS. The van der Waals surface area contributed by atoms with Crippen LogP contribution in [0.5, 0.6) is 0 Å². The Kier molecular flexibility index (Phi) is 3.60. The van der Waals surface area contributed by atoms with E-state index in [0.29, 0.717) is 24.5 Å². The zero-order chi connectivity index (χ0) is 13.4. The van der Waals surface area contributed by atoms with Gasteiger partial charge in [-0.3, -0.25) is 9.69 Å². The first-order valence-corrected chi connectivity index (χ1v) is 7.84. The fourth-order valence-corrected chi connectivity index (χ4v) is 4.17. The highest BCUT2D eigenvalue weighted by molar-refractivity contribution is 7.14. The number of carbonyl (C=O) groups is 1. The molecule has 1 amide bonds. The Morgan fingerprint density at radius 1 is 1.47 bits per heavy atom. The second kappa shape index (κ2) is 5.23. The highest BCUT2D eigenvalue weighted by atomic mass is 32.1. The molecule has 4 nitrogen and oxygen atoms in total. The molecule has 2 unspecified atom stereocenters. The predicted molar refractivity (Wildman–Crippen MR) is 77.2 cm³/mol. The van der Waals surface area contributed by atoms with E-state index in [0.717, 1.165) is 9.75 Å². The van der Waals surface area contributed by atoms with Crippen molar-refractivity contribution in [2.75, 3.05) is 13.1 Å². The van der Waals surface area contributed by atoms with Gasteiger partial charge < -0.3 is 11.1 Å². The maximum atomic E-state index is 12.3. The van der Waals surface area contributed by atoms with Crippen molar-refractivity contribution in [2.24, 2.45) is 11.7 Å². The van der Waals surface area contributed by atoms with Crippen LogP contribution in [0.1, 0.15) is 34.3 Å². The fourth-order valence-electron chi connectivity index (χ4n) is 3.38. The van der Waals surface area contributed by atoms with E-state index in [1.807, 2.05) is 12.1 Å². The van der Waals surface area contributed by atoms with Gasteiger partial charge in [0.15, 0.2) is 0 Å². The van der Waals surface area contributed by atoms with E-state index in [9.17, 15) is 4.79 Å². The summed E-state index contributed by atoms with van der Waals surface area (Å²) >= 11 is 1.50. The Bertz CT molecular complexity index is 463. The molecule has 0 aromatic carbocycles. The Labute approximate surface area is 118 Å². The number of amides is 1. The smallest absolute Gasteiger partial charge is 0.261 e. The van der Waals surface area contributed by atoms with Crippen LogP contribution in [0.2, 0.25) is 0 Å². The van der Waals surface area contributed by atoms with Crippen LogP contribution in [0.3, 0.4) is 0 Å². The van der Waals surface area contributed by atoms with Gasteiger partial charge in [-0.1, -0.05) is 0 Å². The van der Waals surface area contributed by atoms with Gasteiger partial charge in [-0.05, 0) is 50.9 Å². The number of fused-ring (bicyclic) bond motifs is 3. The van der Waals surface area contributed by atoms with Gasteiger partial charge in [-0.2, -0.15) is 0 Å². The number of hydrogen-bond donors (Lipinski definition) is 2. The number of nitrogens with zero attached hydrogens (tertiary/aromatic N) is 1. The summed E-state index contributed by atoms with van der Waals surface area (Å²) in [5.74, 6) is 0.716. The van der Waals surface area contributed by atoms with Crippen molar-refractivity contribution in [3.63, 3.8) is 0 Å². The molecule has 1 aromatic rings. The number of piperidine rings is 3. The lowest BCUT2D eigenvalue weighted by Gasteiger charge is -2.49. The average molecular weight is 279 g/mol. The van der Waals surface area contributed by atoms with Crippen LogP contribution >= 0.6 is 11.3 Å². The van der Waals surface area contributed by atoms with E-state index in [4.69, 9.17) is 5.73 Å². The van der Waals surface area contributed by atoms with Crippen molar-refractivity contribution in [3.8, 4) is 0 Å². The summed E-state index contributed by atoms with van der Waals surface area (Å²) < 4.78 is 0. The maximum Gasteiger partial charge on any atom is 0.261 e. The van der Waals surface area contributed by atoms with Crippen LogP contribution in [0.25, 0.3) is 0 Å². The van der Waals surface area contributed by atoms with E-state index < -0.39 is 0 Å². The van der Waals surface area contributed by atoms with E-state index in [-0.39, 0.29) is 5.91 Å². The summed E-state index contributed by atoms with van der Waals surface area (Å²) in [5, 5.41) is 3.24. The third kappa shape index (κ3) is 2.42. The van der Waals surface area contributed by atoms with Crippen LogP contribution in [-0.4, -0.2) is 36.0 Å². The van der Waals surface area contributed by atoms with Gasteiger partial charge in [0.2, 0.25) is 0 Å².